The smallest absolute Gasteiger partial charge is 0.352 e. The number of amides is 1. The van der Waals surface area contributed by atoms with Crippen molar-refractivity contribution in [3.8, 4) is 0 Å². The highest BCUT2D eigenvalue weighted by atomic mass is 32.2. The highest BCUT2D eigenvalue weighted by Gasteiger charge is 2.53. The van der Waals surface area contributed by atoms with Gasteiger partial charge in [0.1, 0.15) is 0 Å². The lowest BCUT2D eigenvalue weighted by molar-refractivity contribution is -0.144. The molecule has 5 nitrogen and oxygen atoms in total. The van der Waals surface area contributed by atoms with E-state index in [-0.39, 0.29) is 11.7 Å². The van der Waals surface area contributed by atoms with Crippen molar-refractivity contribution in [3.05, 3.63) is 0 Å². The van der Waals surface area contributed by atoms with E-state index in [1.807, 2.05) is 0 Å². The summed E-state index contributed by atoms with van der Waals surface area (Å²) >= 11 is 0. The molecule has 1 aliphatic carbocycles. The number of likely N-dealkylation sites (tertiary alicyclic amines) is 1. The molecule has 24 heavy (non-hydrogen) atoms. The molecule has 3 rings (SSSR count). The molecule has 2 heterocycles. The van der Waals surface area contributed by atoms with E-state index in [0.29, 0.717) is 19.1 Å². The first-order valence-electron chi connectivity index (χ1n) is 8.47. The topological polar surface area (TPSA) is 66.5 Å². The number of carbonyl (C=O) groups excluding carboxylic acids is 1. The number of sulfone groups is 1. The van der Waals surface area contributed by atoms with Crippen LogP contribution >= 0.6 is 0 Å². The molecule has 9 heteroatoms. The minimum Gasteiger partial charge on any atom is -0.352 e. The van der Waals surface area contributed by atoms with Crippen LogP contribution in [0.2, 0.25) is 0 Å². The van der Waals surface area contributed by atoms with Crippen molar-refractivity contribution in [3.63, 3.8) is 0 Å². The largest absolute Gasteiger partial charge is 0.389 e. The van der Waals surface area contributed by atoms with Gasteiger partial charge < -0.3 is 5.32 Å². The van der Waals surface area contributed by atoms with E-state index in [2.05, 4.69) is 10.2 Å². The lowest BCUT2D eigenvalue weighted by atomic mass is 10.0. The average molecular weight is 368 g/mol. The van der Waals surface area contributed by atoms with Crippen molar-refractivity contribution in [1.82, 2.24) is 10.2 Å². The van der Waals surface area contributed by atoms with Gasteiger partial charge in [-0.1, -0.05) is 12.8 Å². The predicted molar refractivity (Wildman–Crippen MR) is 82.1 cm³/mol. The van der Waals surface area contributed by atoms with E-state index in [1.165, 1.54) is 0 Å². The molecule has 0 bridgehead atoms. The Kier molecular flexibility index (Phi) is 4.85. The lowest BCUT2D eigenvalue weighted by Crippen LogP contribution is -2.43. The summed E-state index contributed by atoms with van der Waals surface area (Å²) in [6.07, 6.45) is -1.76. The molecule has 1 amide bonds. The van der Waals surface area contributed by atoms with E-state index in [1.54, 1.807) is 0 Å². The maximum absolute atomic E-state index is 12.4. The predicted octanol–water partition coefficient (Wildman–Crippen LogP) is 1.49. The van der Waals surface area contributed by atoms with Crippen LogP contribution in [-0.2, 0) is 14.6 Å². The van der Waals surface area contributed by atoms with Crippen molar-refractivity contribution in [1.29, 1.82) is 0 Å². The molecule has 3 aliphatic rings. The Bertz CT molecular complexity index is 587. The zero-order valence-electron chi connectivity index (χ0n) is 13.4. The molecule has 3 atom stereocenters. The monoisotopic (exact) mass is 368 g/mol. The second kappa shape index (κ2) is 6.48. The summed E-state index contributed by atoms with van der Waals surface area (Å²) in [5.41, 5.74) is 0. The van der Waals surface area contributed by atoms with Crippen LogP contribution in [0.4, 0.5) is 13.2 Å². The van der Waals surface area contributed by atoms with Crippen LogP contribution in [0.15, 0.2) is 0 Å². The van der Waals surface area contributed by atoms with Crippen molar-refractivity contribution in [2.24, 2.45) is 5.92 Å². The van der Waals surface area contributed by atoms with Gasteiger partial charge in [0, 0.05) is 37.5 Å². The van der Waals surface area contributed by atoms with E-state index in [0.717, 1.165) is 25.7 Å². The summed E-state index contributed by atoms with van der Waals surface area (Å²) in [6.45, 7) is 1.10. The third-order valence-corrected chi connectivity index (χ3v) is 7.80. The zero-order valence-corrected chi connectivity index (χ0v) is 14.2. The van der Waals surface area contributed by atoms with Crippen molar-refractivity contribution < 1.29 is 26.4 Å². The van der Waals surface area contributed by atoms with Gasteiger partial charge in [0.05, 0.1) is 17.4 Å². The Morgan fingerprint density at radius 3 is 2.46 bits per heavy atom. The summed E-state index contributed by atoms with van der Waals surface area (Å²) in [4.78, 5) is 14.0. The summed E-state index contributed by atoms with van der Waals surface area (Å²) < 4.78 is 61.3. The fraction of sp³-hybridized carbons (Fsp3) is 0.933. The van der Waals surface area contributed by atoms with E-state index in [9.17, 15) is 26.4 Å². The normalized spacial score (nSPS) is 33.7. The maximum atomic E-state index is 12.4. The maximum Gasteiger partial charge on any atom is 0.389 e. The molecule has 2 aliphatic heterocycles. The third-order valence-electron chi connectivity index (χ3n) is 5.55. The number of nitrogens with zero attached hydrogens (tertiary/aromatic N) is 1. The van der Waals surface area contributed by atoms with Crippen molar-refractivity contribution >= 4 is 15.7 Å². The second-order valence-corrected chi connectivity index (χ2v) is 9.48. The summed E-state index contributed by atoms with van der Waals surface area (Å²) in [5.74, 6) is -1.07. The van der Waals surface area contributed by atoms with Gasteiger partial charge in [0.25, 0.3) is 0 Å². The van der Waals surface area contributed by atoms with Crippen LogP contribution in [0.25, 0.3) is 0 Å². The van der Waals surface area contributed by atoms with Crippen molar-refractivity contribution in [2.45, 2.75) is 62.0 Å². The average Bonchev–Trinajstić information content (AvgIpc) is 3.15. The number of carbonyl (C=O) groups is 1. The first-order valence-corrected chi connectivity index (χ1v) is 10.2. The van der Waals surface area contributed by atoms with Gasteiger partial charge in [-0.15, -0.1) is 0 Å². The molecule has 138 valence electrons. The number of nitrogens with one attached hydrogen (secondary N) is 1. The van der Waals surface area contributed by atoms with Crippen LogP contribution in [0.3, 0.4) is 0 Å². The van der Waals surface area contributed by atoms with Crippen LogP contribution < -0.4 is 5.32 Å². The van der Waals surface area contributed by atoms with Gasteiger partial charge in [-0.3, -0.25) is 9.69 Å². The van der Waals surface area contributed by atoms with Gasteiger partial charge in [-0.05, 0) is 12.8 Å². The Labute approximate surface area is 139 Å². The summed E-state index contributed by atoms with van der Waals surface area (Å²) in [7, 11) is -3.30. The van der Waals surface area contributed by atoms with E-state index in [4.69, 9.17) is 0 Å². The summed E-state index contributed by atoms with van der Waals surface area (Å²) in [5, 5.41) is 2.05. The highest BCUT2D eigenvalue weighted by Crippen LogP contribution is 2.37. The second-order valence-electron chi connectivity index (χ2n) is 7.21. The Morgan fingerprint density at radius 2 is 1.83 bits per heavy atom. The quantitative estimate of drug-likeness (QED) is 0.816. The standard InChI is InChI=1S/C15H23F3N2O3S/c16-15(17,18)6-5-14(21)19-12-9-24(22,23)13-8-20(7-11(12)13)10-3-1-2-4-10/h10-13H,1-9H2,(H,19,21)/t11-,12+,13-/m0/s1. The zero-order chi connectivity index (χ0) is 17.5. The van der Waals surface area contributed by atoms with Gasteiger partial charge in [-0.25, -0.2) is 8.42 Å². The van der Waals surface area contributed by atoms with Crippen LogP contribution in [0.1, 0.15) is 38.5 Å². The van der Waals surface area contributed by atoms with E-state index < -0.39 is 46.1 Å². The number of hydrogen-bond acceptors (Lipinski definition) is 4. The Hall–Kier alpha value is -0.830. The molecule has 0 aromatic rings. The van der Waals surface area contributed by atoms with Crippen LogP contribution in [-0.4, -0.2) is 61.6 Å². The molecule has 0 radical (unpaired) electrons. The molecule has 0 spiro atoms. The van der Waals surface area contributed by atoms with E-state index >= 15 is 0 Å². The van der Waals surface area contributed by atoms with Gasteiger partial charge in [0.15, 0.2) is 9.84 Å². The fourth-order valence-corrected chi connectivity index (χ4v) is 6.65. The summed E-state index contributed by atoms with van der Waals surface area (Å²) in [6, 6.07) is -0.153. The Morgan fingerprint density at radius 1 is 1.17 bits per heavy atom. The van der Waals surface area contributed by atoms with Gasteiger partial charge in [-0.2, -0.15) is 13.2 Å². The van der Waals surface area contributed by atoms with Crippen molar-refractivity contribution in [2.75, 3.05) is 18.8 Å². The molecule has 1 saturated carbocycles. The lowest BCUT2D eigenvalue weighted by Gasteiger charge is -2.25. The first kappa shape index (κ1) is 18.0. The molecule has 0 aromatic carbocycles. The number of halogens is 3. The molecule has 1 N–H and O–H groups in total. The molecule has 3 fully saturated rings. The number of hydrogen-bond donors (Lipinski definition) is 1. The first-order chi connectivity index (χ1) is 11.2. The molecular formula is C15H23F3N2O3S. The minimum atomic E-state index is -4.38. The van der Waals surface area contributed by atoms with Gasteiger partial charge >= 0.3 is 6.18 Å². The third kappa shape index (κ3) is 3.87. The number of alkyl halides is 3. The molecule has 0 unspecified atom stereocenters. The molecule has 0 aromatic heterocycles. The fourth-order valence-electron chi connectivity index (χ4n) is 4.34. The highest BCUT2D eigenvalue weighted by molar-refractivity contribution is 7.92. The molecule has 2 saturated heterocycles. The Balaban J connectivity index is 1.61. The molecular weight excluding hydrogens is 345 g/mol. The minimum absolute atomic E-state index is 0.154. The number of rotatable bonds is 4. The van der Waals surface area contributed by atoms with Gasteiger partial charge in [0.2, 0.25) is 5.91 Å². The number of fused-ring (bicyclic) bond motifs is 1. The van der Waals surface area contributed by atoms with Crippen LogP contribution in [0, 0.1) is 5.92 Å². The van der Waals surface area contributed by atoms with Crippen LogP contribution in [0.5, 0.6) is 0 Å². The SMILES string of the molecule is O=C(CCC(F)(F)F)N[C@@H]1CS(=O)(=O)[C@H]2CN(C3CCCC3)C[C@@H]12.